The van der Waals surface area contributed by atoms with Gasteiger partial charge in [-0.05, 0) is 37.1 Å². The van der Waals surface area contributed by atoms with E-state index in [0.29, 0.717) is 16.8 Å². The average molecular weight is 307 g/mol. The first-order valence-electron chi connectivity index (χ1n) is 7.41. The third-order valence-corrected chi connectivity index (χ3v) is 4.15. The van der Waals surface area contributed by atoms with Gasteiger partial charge in [-0.25, -0.2) is 0 Å². The van der Waals surface area contributed by atoms with Crippen molar-refractivity contribution >= 4 is 22.8 Å². The maximum absolute atomic E-state index is 13.0. The van der Waals surface area contributed by atoms with Crippen molar-refractivity contribution < 1.29 is 14.7 Å². The molecule has 23 heavy (non-hydrogen) atoms. The number of hydrogen-bond acceptors (Lipinski definition) is 2. The Labute approximate surface area is 134 Å². The number of aryl methyl sites for hydroxylation is 1. The van der Waals surface area contributed by atoms with Crippen molar-refractivity contribution in [3.8, 4) is 0 Å². The van der Waals surface area contributed by atoms with Crippen molar-refractivity contribution in [3.63, 3.8) is 0 Å². The second-order valence-corrected chi connectivity index (χ2v) is 5.61. The lowest BCUT2D eigenvalue weighted by atomic mass is 10.1. The number of carbonyl (C=O) groups is 2. The molecule has 0 aliphatic carbocycles. The molecule has 1 aromatic heterocycles. The van der Waals surface area contributed by atoms with Crippen LogP contribution in [-0.2, 0) is 11.2 Å². The highest BCUT2D eigenvalue weighted by Crippen LogP contribution is 2.27. The summed E-state index contributed by atoms with van der Waals surface area (Å²) in [5.74, 6) is -1.03. The number of aromatic nitrogens is 1. The van der Waals surface area contributed by atoms with Gasteiger partial charge in [-0.1, -0.05) is 36.4 Å². The maximum Gasteiger partial charge on any atom is 0.307 e. The Kier molecular flexibility index (Phi) is 3.74. The van der Waals surface area contributed by atoms with Gasteiger partial charge in [0.2, 0.25) is 0 Å². The fraction of sp³-hybridized carbons (Fsp3) is 0.158. The van der Waals surface area contributed by atoms with Crippen LogP contribution in [0.1, 0.15) is 27.2 Å². The maximum atomic E-state index is 13.0. The van der Waals surface area contributed by atoms with Crippen LogP contribution in [0.4, 0.5) is 0 Å². The molecule has 0 saturated heterocycles. The van der Waals surface area contributed by atoms with Gasteiger partial charge in [-0.15, -0.1) is 0 Å². The molecule has 3 rings (SSSR count). The van der Waals surface area contributed by atoms with E-state index in [0.717, 1.165) is 16.5 Å². The second-order valence-electron chi connectivity index (χ2n) is 5.61. The summed E-state index contributed by atoms with van der Waals surface area (Å²) in [6.45, 7) is 3.70. The predicted octanol–water partition coefficient (Wildman–Crippen LogP) is 3.57. The SMILES string of the molecule is Cc1ccccc1C(=O)n1c(C)c(CC(=O)O)c2ccccc21. The van der Waals surface area contributed by atoms with Crippen molar-refractivity contribution in [2.45, 2.75) is 20.3 Å². The first-order chi connectivity index (χ1) is 11.0. The summed E-state index contributed by atoms with van der Waals surface area (Å²) in [6.07, 6.45) is -0.0968. The first-order valence-corrected chi connectivity index (χ1v) is 7.41. The minimum Gasteiger partial charge on any atom is -0.481 e. The molecule has 2 aromatic carbocycles. The molecule has 0 saturated carbocycles. The van der Waals surface area contributed by atoms with Gasteiger partial charge < -0.3 is 5.11 Å². The van der Waals surface area contributed by atoms with Crippen molar-refractivity contribution in [2.75, 3.05) is 0 Å². The van der Waals surface area contributed by atoms with E-state index in [4.69, 9.17) is 5.11 Å². The number of para-hydroxylation sites is 1. The van der Waals surface area contributed by atoms with E-state index in [9.17, 15) is 9.59 Å². The molecule has 0 radical (unpaired) electrons. The molecule has 1 N–H and O–H groups in total. The zero-order valence-electron chi connectivity index (χ0n) is 13.0. The summed E-state index contributed by atoms with van der Waals surface area (Å²) in [4.78, 5) is 24.2. The Bertz CT molecular complexity index is 922. The minimum atomic E-state index is -0.903. The van der Waals surface area contributed by atoms with Crippen molar-refractivity contribution in [3.05, 3.63) is 70.9 Å². The lowest BCUT2D eigenvalue weighted by molar-refractivity contribution is -0.136. The number of benzene rings is 2. The van der Waals surface area contributed by atoms with Gasteiger partial charge in [-0.3, -0.25) is 14.2 Å². The lowest BCUT2D eigenvalue weighted by Crippen LogP contribution is -2.15. The van der Waals surface area contributed by atoms with Gasteiger partial charge in [0.25, 0.3) is 5.91 Å². The number of fused-ring (bicyclic) bond motifs is 1. The largest absolute Gasteiger partial charge is 0.481 e. The number of carbonyl (C=O) groups excluding carboxylic acids is 1. The van der Waals surface area contributed by atoms with Crippen molar-refractivity contribution in [1.82, 2.24) is 4.57 Å². The summed E-state index contributed by atoms with van der Waals surface area (Å²) in [5.41, 5.74) is 3.64. The van der Waals surface area contributed by atoms with E-state index in [1.54, 1.807) is 17.6 Å². The molecular weight excluding hydrogens is 290 g/mol. The molecule has 1 heterocycles. The molecule has 4 nitrogen and oxygen atoms in total. The zero-order valence-corrected chi connectivity index (χ0v) is 13.0. The van der Waals surface area contributed by atoms with Crippen LogP contribution in [0.3, 0.4) is 0 Å². The summed E-state index contributed by atoms with van der Waals surface area (Å²) in [6, 6.07) is 14.8. The molecule has 3 aromatic rings. The monoisotopic (exact) mass is 307 g/mol. The normalized spacial score (nSPS) is 10.9. The molecule has 0 amide bonds. The number of rotatable bonds is 3. The summed E-state index contributed by atoms with van der Waals surface area (Å²) in [5, 5.41) is 9.98. The number of hydrogen-bond donors (Lipinski definition) is 1. The van der Waals surface area contributed by atoms with Crippen LogP contribution in [0.15, 0.2) is 48.5 Å². The zero-order chi connectivity index (χ0) is 16.6. The van der Waals surface area contributed by atoms with Crippen LogP contribution in [0.2, 0.25) is 0 Å². The number of nitrogens with zero attached hydrogens (tertiary/aromatic N) is 1. The standard InChI is InChI=1S/C19H17NO3/c1-12-7-3-4-8-14(12)19(23)20-13(2)16(11-18(21)22)15-9-5-6-10-17(15)20/h3-10H,11H2,1-2H3,(H,21,22). The third-order valence-electron chi connectivity index (χ3n) is 4.15. The van der Waals surface area contributed by atoms with Gasteiger partial charge in [0.05, 0.1) is 11.9 Å². The smallest absolute Gasteiger partial charge is 0.307 e. The Morgan fingerprint density at radius 2 is 1.65 bits per heavy atom. The van der Waals surface area contributed by atoms with Gasteiger partial charge in [0.15, 0.2) is 0 Å². The van der Waals surface area contributed by atoms with Gasteiger partial charge in [0, 0.05) is 16.6 Å². The van der Waals surface area contributed by atoms with Gasteiger partial charge in [0.1, 0.15) is 0 Å². The van der Waals surface area contributed by atoms with E-state index < -0.39 is 5.97 Å². The van der Waals surface area contributed by atoms with E-state index >= 15 is 0 Å². The van der Waals surface area contributed by atoms with Crippen molar-refractivity contribution in [2.24, 2.45) is 0 Å². The highest BCUT2D eigenvalue weighted by atomic mass is 16.4. The number of carboxylic acids is 1. The molecule has 0 bridgehead atoms. The molecule has 0 atom stereocenters. The predicted molar refractivity (Wildman–Crippen MR) is 88.9 cm³/mol. The Morgan fingerprint density at radius 3 is 2.35 bits per heavy atom. The summed E-state index contributed by atoms with van der Waals surface area (Å²) < 4.78 is 1.62. The van der Waals surface area contributed by atoms with Crippen LogP contribution < -0.4 is 0 Å². The molecule has 4 heteroatoms. The molecule has 0 aliphatic heterocycles. The Morgan fingerprint density at radius 1 is 1.00 bits per heavy atom. The topological polar surface area (TPSA) is 59.3 Å². The van der Waals surface area contributed by atoms with Gasteiger partial charge in [-0.2, -0.15) is 0 Å². The molecule has 0 unspecified atom stereocenters. The van der Waals surface area contributed by atoms with Crippen LogP contribution in [0, 0.1) is 13.8 Å². The van der Waals surface area contributed by atoms with E-state index in [-0.39, 0.29) is 12.3 Å². The van der Waals surface area contributed by atoms with Crippen LogP contribution in [-0.4, -0.2) is 21.6 Å². The molecule has 116 valence electrons. The highest BCUT2D eigenvalue weighted by molar-refractivity contribution is 6.05. The molecule has 0 aliphatic rings. The van der Waals surface area contributed by atoms with Crippen molar-refractivity contribution in [1.29, 1.82) is 0 Å². The lowest BCUT2D eigenvalue weighted by Gasteiger charge is -2.09. The summed E-state index contributed by atoms with van der Waals surface area (Å²) >= 11 is 0. The second kappa shape index (κ2) is 5.72. The van der Waals surface area contributed by atoms with E-state index in [2.05, 4.69) is 0 Å². The fourth-order valence-electron chi connectivity index (χ4n) is 3.00. The van der Waals surface area contributed by atoms with Crippen LogP contribution in [0.5, 0.6) is 0 Å². The third kappa shape index (κ3) is 2.52. The minimum absolute atomic E-state index is 0.0968. The Balaban J connectivity index is 2.26. The molecule has 0 fully saturated rings. The van der Waals surface area contributed by atoms with E-state index in [1.807, 2.05) is 49.4 Å². The van der Waals surface area contributed by atoms with Crippen LogP contribution in [0.25, 0.3) is 10.9 Å². The quantitative estimate of drug-likeness (QED) is 0.804. The summed E-state index contributed by atoms with van der Waals surface area (Å²) in [7, 11) is 0. The highest BCUT2D eigenvalue weighted by Gasteiger charge is 2.21. The fourth-order valence-corrected chi connectivity index (χ4v) is 3.00. The number of aliphatic carboxylic acids is 1. The van der Waals surface area contributed by atoms with Gasteiger partial charge >= 0.3 is 5.97 Å². The Hall–Kier alpha value is -2.88. The molecular formula is C19H17NO3. The van der Waals surface area contributed by atoms with E-state index in [1.165, 1.54) is 0 Å². The first kappa shape index (κ1) is 15.0. The average Bonchev–Trinajstić information content (AvgIpc) is 2.79. The number of carboxylic acid groups (broad SMARTS) is 1. The molecule has 0 spiro atoms. The van der Waals surface area contributed by atoms with Crippen LogP contribution >= 0.6 is 0 Å².